The summed E-state index contributed by atoms with van der Waals surface area (Å²) in [6.07, 6.45) is 1.05. The fraction of sp³-hybridized carbons (Fsp3) is 0.500. The van der Waals surface area contributed by atoms with Crippen LogP contribution in [0.5, 0.6) is 0 Å². The Hall–Kier alpha value is -1.79. The Kier molecular flexibility index (Phi) is 4.03. The molecular weight excluding hydrogens is 252 g/mol. The molecule has 3 rings (SSSR count). The SMILES string of the molecule is Cn1nnc(CN2CCNCC2Cc2ccccc2)n1. The molecule has 1 aliphatic rings. The van der Waals surface area contributed by atoms with Gasteiger partial charge in [0.1, 0.15) is 0 Å². The predicted octanol–water partition coefficient (Wildman–Crippen LogP) is 0.227. The average molecular weight is 272 g/mol. The maximum Gasteiger partial charge on any atom is 0.188 e. The Bertz CT molecular complexity index is 538. The topological polar surface area (TPSA) is 58.9 Å². The summed E-state index contributed by atoms with van der Waals surface area (Å²) in [5.41, 5.74) is 1.37. The third-order valence-corrected chi connectivity index (χ3v) is 3.68. The number of rotatable bonds is 4. The van der Waals surface area contributed by atoms with Gasteiger partial charge in [0.25, 0.3) is 0 Å². The van der Waals surface area contributed by atoms with Crippen molar-refractivity contribution in [3.63, 3.8) is 0 Å². The first-order valence-corrected chi connectivity index (χ1v) is 7.03. The summed E-state index contributed by atoms with van der Waals surface area (Å²) >= 11 is 0. The summed E-state index contributed by atoms with van der Waals surface area (Å²) in [7, 11) is 1.80. The van der Waals surface area contributed by atoms with Gasteiger partial charge in [-0.15, -0.1) is 10.2 Å². The normalized spacial score (nSPS) is 20.1. The molecule has 0 spiro atoms. The number of hydrogen-bond acceptors (Lipinski definition) is 5. The second-order valence-electron chi connectivity index (χ2n) is 5.21. The maximum absolute atomic E-state index is 4.28. The van der Waals surface area contributed by atoms with Crippen molar-refractivity contribution in [3.05, 3.63) is 41.7 Å². The van der Waals surface area contributed by atoms with Crippen molar-refractivity contribution in [3.8, 4) is 0 Å². The van der Waals surface area contributed by atoms with E-state index in [4.69, 9.17) is 0 Å². The standard InChI is InChI=1S/C14H20N6/c1-19-17-14(16-18-19)11-20-8-7-15-10-13(20)9-12-5-3-2-4-6-12/h2-6,13,15H,7-11H2,1H3. The third kappa shape index (κ3) is 3.20. The van der Waals surface area contributed by atoms with Crippen molar-refractivity contribution >= 4 is 0 Å². The van der Waals surface area contributed by atoms with Crippen molar-refractivity contribution in [1.82, 2.24) is 30.4 Å². The fourth-order valence-corrected chi connectivity index (χ4v) is 2.67. The van der Waals surface area contributed by atoms with Gasteiger partial charge in [0.05, 0.1) is 13.6 Å². The Morgan fingerprint density at radius 3 is 2.90 bits per heavy atom. The van der Waals surface area contributed by atoms with Gasteiger partial charge < -0.3 is 5.32 Å². The number of aryl methyl sites for hydroxylation is 1. The van der Waals surface area contributed by atoms with Crippen LogP contribution in [-0.4, -0.2) is 50.8 Å². The van der Waals surface area contributed by atoms with E-state index in [0.29, 0.717) is 6.04 Å². The molecule has 0 aliphatic carbocycles. The summed E-state index contributed by atoms with van der Waals surface area (Å²) in [5.74, 6) is 0.799. The molecule has 1 N–H and O–H groups in total. The number of nitrogens with zero attached hydrogens (tertiary/aromatic N) is 5. The van der Waals surface area contributed by atoms with Crippen molar-refractivity contribution in [2.24, 2.45) is 7.05 Å². The van der Waals surface area contributed by atoms with Crippen molar-refractivity contribution < 1.29 is 0 Å². The van der Waals surface area contributed by atoms with Crippen molar-refractivity contribution in [1.29, 1.82) is 0 Å². The number of benzene rings is 1. The molecule has 1 fully saturated rings. The van der Waals surface area contributed by atoms with Gasteiger partial charge in [-0.3, -0.25) is 4.90 Å². The van der Waals surface area contributed by atoms with Gasteiger partial charge in [0.2, 0.25) is 0 Å². The second kappa shape index (κ2) is 6.11. The van der Waals surface area contributed by atoms with E-state index in [1.54, 1.807) is 7.05 Å². The van der Waals surface area contributed by atoms with Crippen LogP contribution in [0.4, 0.5) is 0 Å². The van der Waals surface area contributed by atoms with E-state index < -0.39 is 0 Å². The molecule has 1 aromatic heterocycles. The van der Waals surface area contributed by atoms with Gasteiger partial charge in [-0.1, -0.05) is 30.3 Å². The summed E-state index contributed by atoms with van der Waals surface area (Å²) in [4.78, 5) is 3.96. The van der Waals surface area contributed by atoms with Crippen molar-refractivity contribution in [2.75, 3.05) is 19.6 Å². The van der Waals surface area contributed by atoms with E-state index in [0.717, 1.165) is 38.4 Å². The molecule has 106 valence electrons. The van der Waals surface area contributed by atoms with E-state index in [-0.39, 0.29) is 0 Å². The van der Waals surface area contributed by atoms with Crippen LogP contribution in [0.25, 0.3) is 0 Å². The Morgan fingerprint density at radius 2 is 2.15 bits per heavy atom. The zero-order valence-corrected chi connectivity index (χ0v) is 11.7. The van der Waals surface area contributed by atoms with Gasteiger partial charge in [0, 0.05) is 25.7 Å². The Balaban J connectivity index is 1.67. The molecular formula is C14H20N6. The molecule has 1 aliphatic heterocycles. The van der Waals surface area contributed by atoms with Crippen LogP contribution in [-0.2, 0) is 20.0 Å². The van der Waals surface area contributed by atoms with Gasteiger partial charge in [-0.2, -0.15) is 4.80 Å². The molecule has 0 radical (unpaired) electrons. The number of nitrogens with one attached hydrogen (secondary N) is 1. The Morgan fingerprint density at radius 1 is 1.30 bits per heavy atom. The highest BCUT2D eigenvalue weighted by Gasteiger charge is 2.23. The van der Waals surface area contributed by atoms with Crippen LogP contribution in [0.1, 0.15) is 11.4 Å². The highest BCUT2D eigenvalue weighted by atomic mass is 15.6. The number of tetrazole rings is 1. The first-order chi connectivity index (χ1) is 9.81. The lowest BCUT2D eigenvalue weighted by molar-refractivity contribution is 0.148. The van der Waals surface area contributed by atoms with Crippen LogP contribution in [0.3, 0.4) is 0 Å². The molecule has 6 heteroatoms. The van der Waals surface area contributed by atoms with E-state index in [1.807, 2.05) is 0 Å². The maximum atomic E-state index is 4.28. The quantitative estimate of drug-likeness (QED) is 0.863. The largest absolute Gasteiger partial charge is 0.314 e. The molecule has 20 heavy (non-hydrogen) atoms. The van der Waals surface area contributed by atoms with E-state index in [9.17, 15) is 0 Å². The summed E-state index contributed by atoms with van der Waals surface area (Å²) in [5, 5.41) is 15.7. The van der Waals surface area contributed by atoms with E-state index in [2.05, 4.69) is 56.0 Å². The van der Waals surface area contributed by atoms with Crippen LogP contribution < -0.4 is 5.32 Å². The summed E-state index contributed by atoms with van der Waals surface area (Å²) in [6.45, 7) is 3.82. The highest BCUT2D eigenvalue weighted by Crippen LogP contribution is 2.12. The van der Waals surface area contributed by atoms with Gasteiger partial charge in [0.15, 0.2) is 5.82 Å². The van der Waals surface area contributed by atoms with Crippen molar-refractivity contribution in [2.45, 2.75) is 19.0 Å². The first kappa shape index (κ1) is 13.2. The monoisotopic (exact) mass is 272 g/mol. The fourth-order valence-electron chi connectivity index (χ4n) is 2.67. The van der Waals surface area contributed by atoms with Gasteiger partial charge in [-0.25, -0.2) is 0 Å². The minimum Gasteiger partial charge on any atom is -0.314 e. The van der Waals surface area contributed by atoms with Gasteiger partial charge >= 0.3 is 0 Å². The third-order valence-electron chi connectivity index (χ3n) is 3.68. The van der Waals surface area contributed by atoms with E-state index in [1.165, 1.54) is 10.4 Å². The minimum absolute atomic E-state index is 0.481. The lowest BCUT2D eigenvalue weighted by atomic mass is 10.0. The lowest BCUT2D eigenvalue weighted by Crippen LogP contribution is -2.51. The second-order valence-corrected chi connectivity index (χ2v) is 5.21. The number of piperazine rings is 1. The molecule has 1 unspecified atom stereocenters. The summed E-state index contributed by atoms with van der Waals surface area (Å²) in [6, 6.07) is 11.1. The minimum atomic E-state index is 0.481. The number of aromatic nitrogens is 4. The highest BCUT2D eigenvalue weighted by molar-refractivity contribution is 5.16. The molecule has 1 atom stereocenters. The van der Waals surface area contributed by atoms with Gasteiger partial charge in [-0.05, 0) is 17.2 Å². The first-order valence-electron chi connectivity index (χ1n) is 7.03. The zero-order valence-electron chi connectivity index (χ0n) is 11.7. The average Bonchev–Trinajstić information content (AvgIpc) is 2.88. The van der Waals surface area contributed by atoms with Crippen LogP contribution in [0.2, 0.25) is 0 Å². The Labute approximate surface area is 118 Å². The molecule has 1 saturated heterocycles. The zero-order chi connectivity index (χ0) is 13.8. The molecule has 2 heterocycles. The van der Waals surface area contributed by atoms with E-state index >= 15 is 0 Å². The number of hydrogen-bond donors (Lipinski definition) is 1. The molecule has 6 nitrogen and oxygen atoms in total. The molecule has 0 bridgehead atoms. The molecule has 0 amide bonds. The van der Waals surface area contributed by atoms with Crippen LogP contribution in [0.15, 0.2) is 30.3 Å². The van der Waals surface area contributed by atoms with Crippen LogP contribution in [0, 0.1) is 0 Å². The van der Waals surface area contributed by atoms with Crippen LogP contribution >= 0.6 is 0 Å². The lowest BCUT2D eigenvalue weighted by Gasteiger charge is -2.35. The predicted molar refractivity (Wildman–Crippen MR) is 76.0 cm³/mol. The molecule has 2 aromatic rings. The molecule has 0 saturated carbocycles. The smallest absolute Gasteiger partial charge is 0.188 e. The molecule has 1 aromatic carbocycles. The summed E-state index contributed by atoms with van der Waals surface area (Å²) < 4.78 is 0.